The lowest BCUT2D eigenvalue weighted by Crippen LogP contribution is -2.26. The summed E-state index contributed by atoms with van der Waals surface area (Å²) in [5.41, 5.74) is 7.48. The smallest absolute Gasteiger partial charge is 0.0995 e. The molecule has 1 aromatic carbocycles. The predicted molar refractivity (Wildman–Crippen MR) is 47.1 cm³/mol. The first-order chi connectivity index (χ1) is 5.88. The van der Waals surface area contributed by atoms with Gasteiger partial charge in [-0.05, 0) is 18.7 Å². The zero-order valence-electron chi connectivity index (χ0n) is 6.96. The Balaban J connectivity index is 2.77. The highest BCUT2D eigenvalue weighted by molar-refractivity contribution is 5.37. The van der Waals surface area contributed by atoms with Crippen LogP contribution in [0.25, 0.3) is 0 Å². The molecule has 0 aliphatic carbocycles. The van der Waals surface area contributed by atoms with Crippen LogP contribution in [-0.4, -0.2) is 7.05 Å². The van der Waals surface area contributed by atoms with E-state index < -0.39 is 0 Å². The number of nitrogens with one attached hydrogen (secondary N) is 2. The molecule has 0 bridgehead atoms. The molecule has 0 heterocycles. The number of benzene rings is 1. The Morgan fingerprint density at radius 1 is 1.42 bits per heavy atom. The summed E-state index contributed by atoms with van der Waals surface area (Å²) in [7, 11) is 1.80. The minimum Gasteiger partial charge on any atom is -0.261 e. The first-order valence-electron chi connectivity index (χ1n) is 3.76. The summed E-state index contributed by atoms with van der Waals surface area (Å²) in [5, 5.41) is 8.72. The lowest BCUT2D eigenvalue weighted by atomic mass is 10.1. The summed E-state index contributed by atoms with van der Waals surface area (Å²) in [6.45, 7) is 0.667. The number of hydrogen-bond donors (Lipinski definition) is 2. The second kappa shape index (κ2) is 4.50. The summed E-state index contributed by atoms with van der Waals surface area (Å²) >= 11 is 0. The third kappa shape index (κ3) is 2.06. The molecule has 2 N–H and O–H groups in total. The van der Waals surface area contributed by atoms with Crippen LogP contribution in [0.4, 0.5) is 0 Å². The van der Waals surface area contributed by atoms with Crippen molar-refractivity contribution in [1.29, 1.82) is 5.26 Å². The van der Waals surface area contributed by atoms with Crippen molar-refractivity contribution in [2.75, 3.05) is 7.05 Å². The Kier molecular flexibility index (Phi) is 3.27. The van der Waals surface area contributed by atoms with Gasteiger partial charge in [0, 0.05) is 6.54 Å². The minimum atomic E-state index is 0.667. The van der Waals surface area contributed by atoms with Gasteiger partial charge in [-0.2, -0.15) is 5.26 Å². The van der Waals surface area contributed by atoms with Gasteiger partial charge in [0.1, 0.15) is 0 Å². The highest BCUT2D eigenvalue weighted by atomic mass is 15.3. The molecular formula is C9H11N3. The minimum absolute atomic E-state index is 0.667. The zero-order chi connectivity index (χ0) is 8.81. The molecule has 3 nitrogen and oxygen atoms in total. The number of rotatable bonds is 3. The molecule has 0 fully saturated rings. The first kappa shape index (κ1) is 8.72. The van der Waals surface area contributed by atoms with Crippen LogP contribution in [0.2, 0.25) is 0 Å². The average molecular weight is 161 g/mol. The monoisotopic (exact) mass is 161 g/mol. The molecule has 0 aliphatic rings. The fourth-order valence-corrected chi connectivity index (χ4v) is 0.967. The maximum Gasteiger partial charge on any atom is 0.0995 e. The summed E-state index contributed by atoms with van der Waals surface area (Å²) in [6.07, 6.45) is 0. The number of nitrogens with zero attached hydrogens (tertiary/aromatic N) is 1. The highest BCUT2D eigenvalue weighted by Crippen LogP contribution is 2.05. The van der Waals surface area contributed by atoms with Crippen molar-refractivity contribution in [3.8, 4) is 6.07 Å². The molecule has 0 saturated carbocycles. The van der Waals surface area contributed by atoms with Gasteiger partial charge < -0.3 is 0 Å². The van der Waals surface area contributed by atoms with Gasteiger partial charge in [0.15, 0.2) is 0 Å². The molecule has 1 aromatic rings. The van der Waals surface area contributed by atoms with Crippen molar-refractivity contribution >= 4 is 0 Å². The second-order valence-electron chi connectivity index (χ2n) is 2.37. The van der Waals surface area contributed by atoms with Crippen LogP contribution < -0.4 is 10.9 Å². The third-order valence-corrected chi connectivity index (χ3v) is 1.59. The summed E-state index contributed by atoms with van der Waals surface area (Å²) in [6, 6.07) is 9.67. The van der Waals surface area contributed by atoms with Gasteiger partial charge >= 0.3 is 0 Å². The second-order valence-corrected chi connectivity index (χ2v) is 2.37. The van der Waals surface area contributed by atoms with E-state index in [2.05, 4.69) is 16.9 Å². The number of nitriles is 1. The van der Waals surface area contributed by atoms with Crippen LogP contribution in [0, 0.1) is 11.3 Å². The van der Waals surface area contributed by atoms with Crippen LogP contribution in [0.15, 0.2) is 24.3 Å². The Morgan fingerprint density at radius 3 is 2.83 bits per heavy atom. The first-order valence-corrected chi connectivity index (χ1v) is 3.76. The van der Waals surface area contributed by atoms with Crippen LogP contribution in [-0.2, 0) is 6.54 Å². The van der Waals surface area contributed by atoms with Gasteiger partial charge in [-0.3, -0.25) is 10.9 Å². The quantitative estimate of drug-likeness (QED) is 0.644. The van der Waals surface area contributed by atoms with Crippen LogP contribution in [0.3, 0.4) is 0 Å². The molecule has 62 valence electrons. The lowest BCUT2D eigenvalue weighted by molar-refractivity contribution is 0.596. The van der Waals surface area contributed by atoms with Gasteiger partial charge in [0.2, 0.25) is 0 Å². The van der Waals surface area contributed by atoms with E-state index in [9.17, 15) is 0 Å². The molecule has 3 heteroatoms. The largest absolute Gasteiger partial charge is 0.261 e. The van der Waals surface area contributed by atoms with Crippen LogP contribution in [0.5, 0.6) is 0 Å². The Morgan fingerprint density at radius 2 is 2.17 bits per heavy atom. The van der Waals surface area contributed by atoms with Gasteiger partial charge in [-0.15, -0.1) is 0 Å². The van der Waals surface area contributed by atoms with Gasteiger partial charge in [-0.1, -0.05) is 18.2 Å². The van der Waals surface area contributed by atoms with Crippen LogP contribution >= 0.6 is 0 Å². The van der Waals surface area contributed by atoms with E-state index in [0.717, 1.165) is 11.1 Å². The van der Waals surface area contributed by atoms with Crippen molar-refractivity contribution in [2.45, 2.75) is 6.54 Å². The van der Waals surface area contributed by atoms with Gasteiger partial charge in [-0.25, -0.2) is 0 Å². The molecule has 0 radical (unpaired) electrons. The highest BCUT2D eigenvalue weighted by Gasteiger charge is 1.97. The Hall–Kier alpha value is -1.37. The van der Waals surface area contributed by atoms with Crippen molar-refractivity contribution in [3.63, 3.8) is 0 Å². The molecule has 0 atom stereocenters. The SMILES string of the molecule is CNNCc1ccccc1C#N. The van der Waals surface area contributed by atoms with Crippen molar-refractivity contribution in [2.24, 2.45) is 0 Å². The fraction of sp³-hybridized carbons (Fsp3) is 0.222. The number of hydrazine groups is 1. The van der Waals surface area contributed by atoms with E-state index in [1.54, 1.807) is 7.05 Å². The predicted octanol–water partition coefficient (Wildman–Crippen LogP) is 0.782. The molecular weight excluding hydrogens is 150 g/mol. The fourth-order valence-electron chi connectivity index (χ4n) is 0.967. The summed E-state index contributed by atoms with van der Waals surface area (Å²) in [5.74, 6) is 0. The Labute approximate surface area is 72.0 Å². The van der Waals surface area contributed by atoms with E-state index in [1.807, 2.05) is 24.3 Å². The molecule has 0 unspecified atom stereocenters. The Bertz CT molecular complexity index is 288. The maximum absolute atomic E-state index is 8.72. The van der Waals surface area contributed by atoms with E-state index in [-0.39, 0.29) is 0 Å². The molecule has 0 amide bonds. The van der Waals surface area contributed by atoms with E-state index in [4.69, 9.17) is 5.26 Å². The molecule has 0 aromatic heterocycles. The molecule has 0 aliphatic heterocycles. The molecule has 0 spiro atoms. The third-order valence-electron chi connectivity index (χ3n) is 1.59. The summed E-state index contributed by atoms with van der Waals surface area (Å²) < 4.78 is 0. The van der Waals surface area contributed by atoms with Gasteiger partial charge in [0.05, 0.1) is 11.6 Å². The van der Waals surface area contributed by atoms with Crippen LogP contribution in [0.1, 0.15) is 11.1 Å². The summed E-state index contributed by atoms with van der Waals surface area (Å²) in [4.78, 5) is 0. The van der Waals surface area contributed by atoms with Crippen molar-refractivity contribution in [3.05, 3.63) is 35.4 Å². The zero-order valence-corrected chi connectivity index (χ0v) is 6.96. The lowest BCUT2D eigenvalue weighted by Gasteiger charge is -2.03. The molecule has 12 heavy (non-hydrogen) atoms. The van der Waals surface area contributed by atoms with Crippen molar-refractivity contribution < 1.29 is 0 Å². The van der Waals surface area contributed by atoms with E-state index in [1.165, 1.54) is 0 Å². The maximum atomic E-state index is 8.72. The van der Waals surface area contributed by atoms with E-state index >= 15 is 0 Å². The standard InChI is InChI=1S/C9H11N3/c1-11-12-7-9-5-3-2-4-8(9)6-10/h2-5,11-12H,7H2,1H3. The topological polar surface area (TPSA) is 47.8 Å². The molecule has 0 saturated heterocycles. The molecule has 1 rings (SSSR count). The van der Waals surface area contributed by atoms with E-state index in [0.29, 0.717) is 6.54 Å². The average Bonchev–Trinajstić information content (AvgIpc) is 2.15. The number of hydrogen-bond acceptors (Lipinski definition) is 3. The normalized spacial score (nSPS) is 9.33. The van der Waals surface area contributed by atoms with Crippen molar-refractivity contribution in [1.82, 2.24) is 10.9 Å². The van der Waals surface area contributed by atoms with Gasteiger partial charge in [0.25, 0.3) is 0 Å².